The Morgan fingerprint density at radius 1 is 1.25 bits per heavy atom. The molecule has 0 saturated carbocycles. The number of rotatable bonds is 6. The number of hydrogen-bond acceptors (Lipinski definition) is 6. The van der Waals surface area contributed by atoms with Gasteiger partial charge >= 0.3 is 12.0 Å². The minimum Gasteiger partial charge on any atom is -0.449 e. The van der Waals surface area contributed by atoms with Gasteiger partial charge in [0, 0.05) is 5.54 Å². The highest BCUT2D eigenvalue weighted by molar-refractivity contribution is 7.89. The lowest BCUT2D eigenvalue weighted by Gasteiger charge is -2.21. The molecule has 3 N–H and O–H groups in total. The van der Waals surface area contributed by atoms with Gasteiger partial charge in [-0.05, 0) is 45.9 Å². The molecular formula is C18H23N3O6S. The largest absolute Gasteiger partial charge is 0.449 e. The second-order valence-electron chi connectivity index (χ2n) is 6.80. The third-order valence-corrected chi connectivity index (χ3v) is 4.52. The molecule has 10 heteroatoms. The summed E-state index contributed by atoms with van der Waals surface area (Å²) >= 11 is 0. The van der Waals surface area contributed by atoms with Crippen molar-refractivity contribution in [1.29, 1.82) is 0 Å². The van der Waals surface area contributed by atoms with E-state index in [1.54, 1.807) is 20.8 Å². The quantitative estimate of drug-likeness (QED) is 0.470. The number of nitrogens with one attached hydrogen (secondary N) is 3. The Morgan fingerprint density at radius 2 is 1.89 bits per heavy atom. The molecular weight excluding hydrogens is 386 g/mol. The first-order chi connectivity index (χ1) is 12.9. The van der Waals surface area contributed by atoms with Gasteiger partial charge in [-0.25, -0.2) is 18.0 Å². The molecule has 0 aliphatic heterocycles. The normalized spacial score (nSPS) is 12.4. The highest BCUT2D eigenvalue weighted by atomic mass is 32.2. The summed E-state index contributed by atoms with van der Waals surface area (Å²) < 4.78 is 31.3. The first-order valence-corrected chi connectivity index (χ1v) is 9.71. The topological polar surface area (TPSA) is 131 Å². The lowest BCUT2D eigenvalue weighted by Crippen LogP contribution is -2.50. The van der Waals surface area contributed by atoms with Crippen molar-refractivity contribution in [2.75, 3.05) is 6.54 Å². The standard InChI is InChI=1S/C18H23N3O6S/c1-6-10-19-28(25,26)14-9-7-8-13(11-14)16(23)27-12(2)15(22)20-17(24)21-18(3,4)5/h1,7-9,11-12,19H,10H2,2-5H3,(H2,20,21,22,24). The predicted molar refractivity (Wildman–Crippen MR) is 102 cm³/mol. The Kier molecular flexibility index (Phi) is 7.72. The molecule has 0 aliphatic carbocycles. The summed E-state index contributed by atoms with van der Waals surface area (Å²) in [6, 6.07) is 4.33. The molecule has 0 aromatic heterocycles. The van der Waals surface area contributed by atoms with E-state index in [0.29, 0.717) is 0 Å². The van der Waals surface area contributed by atoms with Crippen LogP contribution in [0.5, 0.6) is 0 Å². The number of hydrogen-bond donors (Lipinski definition) is 3. The molecule has 28 heavy (non-hydrogen) atoms. The van der Waals surface area contributed by atoms with Gasteiger partial charge in [-0.2, -0.15) is 4.72 Å². The highest BCUT2D eigenvalue weighted by Gasteiger charge is 2.23. The lowest BCUT2D eigenvalue weighted by molar-refractivity contribution is -0.127. The van der Waals surface area contributed by atoms with Gasteiger partial charge in [0.25, 0.3) is 5.91 Å². The summed E-state index contributed by atoms with van der Waals surface area (Å²) in [5.41, 5.74) is -0.633. The number of esters is 1. The minimum atomic E-state index is -3.89. The molecule has 0 spiro atoms. The number of sulfonamides is 1. The smallest absolute Gasteiger partial charge is 0.338 e. The fourth-order valence-electron chi connectivity index (χ4n) is 1.88. The first kappa shape index (κ1) is 23.1. The van der Waals surface area contributed by atoms with E-state index in [1.807, 2.05) is 0 Å². The number of carbonyl (C=O) groups is 3. The molecule has 0 radical (unpaired) electrons. The molecule has 152 valence electrons. The number of terminal acetylenes is 1. The van der Waals surface area contributed by atoms with Gasteiger partial charge < -0.3 is 10.1 Å². The Labute approximate surface area is 164 Å². The monoisotopic (exact) mass is 409 g/mol. The van der Waals surface area contributed by atoms with Gasteiger partial charge in [-0.3, -0.25) is 10.1 Å². The van der Waals surface area contributed by atoms with Crippen LogP contribution in [0.1, 0.15) is 38.1 Å². The molecule has 1 aromatic rings. The van der Waals surface area contributed by atoms with Crippen LogP contribution in [0.25, 0.3) is 0 Å². The van der Waals surface area contributed by atoms with Crippen LogP contribution in [0.2, 0.25) is 0 Å². The lowest BCUT2D eigenvalue weighted by atomic mass is 10.1. The fourth-order valence-corrected chi connectivity index (χ4v) is 2.86. The van der Waals surface area contributed by atoms with Crippen molar-refractivity contribution in [1.82, 2.24) is 15.4 Å². The van der Waals surface area contributed by atoms with E-state index in [9.17, 15) is 22.8 Å². The van der Waals surface area contributed by atoms with Crippen molar-refractivity contribution in [2.24, 2.45) is 0 Å². The van der Waals surface area contributed by atoms with Crippen LogP contribution in [0.4, 0.5) is 4.79 Å². The fraction of sp³-hybridized carbons (Fsp3) is 0.389. The Bertz CT molecular complexity index is 897. The van der Waals surface area contributed by atoms with E-state index in [1.165, 1.54) is 25.1 Å². The van der Waals surface area contributed by atoms with Crippen LogP contribution >= 0.6 is 0 Å². The van der Waals surface area contributed by atoms with Gasteiger partial charge in [0.1, 0.15) is 0 Å². The Hall–Kier alpha value is -2.90. The average molecular weight is 409 g/mol. The van der Waals surface area contributed by atoms with Crippen molar-refractivity contribution < 1.29 is 27.5 Å². The molecule has 1 rings (SSSR count). The highest BCUT2D eigenvalue weighted by Crippen LogP contribution is 2.13. The van der Waals surface area contributed by atoms with Crippen LogP contribution in [0, 0.1) is 12.3 Å². The van der Waals surface area contributed by atoms with Crippen molar-refractivity contribution in [3.63, 3.8) is 0 Å². The predicted octanol–water partition coefficient (Wildman–Crippen LogP) is 0.768. The maximum atomic E-state index is 12.2. The van der Waals surface area contributed by atoms with E-state index in [2.05, 4.69) is 21.3 Å². The summed E-state index contributed by atoms with van der Waals surface area (Å²) in [6.45, 7) is 6.29. The third-order valence-electron chi connectivity index (χ3n) is 3.12. The van der Waals surface area contributed by atoms with Crippen LogP contribution in [0.3, 0.4) is 0 Å². The van der Waals surface area contributed by atoms with Crippen molar-refractivity contribution in [3.05, 3.63) is 29.8 Å². The summed E-state index contributed by atoms with van der Waals surface area (Å²) in [5.74, 6) is 0.392. The van der Waals surface area contributed by atoms with Crippen LogP contribution < -0.4 is 15.4 Å². The maximum absolute atomic E-state index is 12.2. The summed E-state index contributed by atoms with van der Waals surface area (Å²) in [7, 11) is -3.89. The molecule has 1 unspecified atom stereocenters. The Morgan fingerprint density at radius 3 is 2.46 bits per heavy atom. The minimum absolute atomic E-state index is 0.0811. The molecule has 0 bridgehead atoms. The summed E-state index contributed by atoms with van der Waals surface area (Å²) in [5, 5.41) is 4.59. The van der Waals surface area contributed by atoms with Crippen molar-refractivity contribution in [2.45, 2.75) is 44.2 Å². The van der Waals surface area contributed by atoms with Crippen molar-refractivity contribution >= 4 is 27.9 Å². The van der Waals surface area contributed by atoms with E-state index in [0.717, 1.165) is 6.07 Å². The number of amides is 3. The van der Waals surface area contributed by atoms with Gasteiger partial charge in [0.05, 0.1) is 17.0 Å². The molecule has 0 saturated heterocycles. The second-order valence-corrected chi connectivity index (χ2v) is 8.56. The summed E-state index contributed by atoms with van der Waals surface area (Å²) in [6.07, 6.45) is 3.75. The maximum Gasteiger partial charge on any atom is 0.338 e. The number of urea groups is 1. The zero-order valence-electron chi connectivity index (χ0n) is 16.0. The first-order valence-electron chi connectivity index (χ1n) is 8.23. The van der Waals surface area contributed by atoms with E-state index in [4.69, 9.17) is 11.2 Å². The third kappa shape index (κ3) is 7.38. The second kappa shape index (κ2) is 9.34. The van der Waals surface area contributed by atoms with E-state index < -0.39 is 39.6 Å². The van der Waals surface area contributed by atoms with Gasteiger partial charge in [0.2, 0.25) is 10.0 Å². The molecule has 1 atom stereocenters. The average Bonchev–Trinajstić information content (AvgIpc) is 2.58. The van der Waals surface area contributed by atoms with Gasteiger partial charge in [-0.1, -0.05) is 12.0 Å². The van der Waals surface area contributed by atoms with Crippen LogP contribution in [0.15, 0.2) is 29.2 Å². The molecule has 0 heterocycles. The number of imide groups is 1. The van der Waals surface area contributed by atoms with E-state index in [-0.39, 0.29) is 17.0 Å². The van der Waals surface area contributed by atoms with Crippen LogP contribution in [-0.2, 0) is 19.6 Å². The molecule has 3 amide bonds. The van der Waals surface area contributed by atoms with Gasteiger partial charge in [-0.15, -0.1) is 6.42 Å². The number of benzene rings is 1. The van der Waals surface area contributed by atoms with Crippen LogP contribution in [-0.4, -0.2) is 44.5 Å². The zero-order valence-corrected chi connectivity index (χ0v) is 16.8. The number of carbonyl (C=O) groups excluding carboxylic acids is 3. The zero-order chi connectivity index (χ0) is 21.5. The molecule has 0 aliphatic rings. The van der Waals surface area contributed by atoms with Gasteiger partial charge in [0.15, 0.2) is 6.10 Å². The van der Waals surface area contributed by atoms with E-state index >= 15 is 0 Å². The molecule has 9 nitrogen and oxygen atoms in total. The Balaban J connectivity index is 2.80. The number of ether oxygens (including phenoxy) is 1. The molecule has 0 fully saturated rings. The SMILES string of the molecule is C#CCNS(=O)(=O)c1cccc(C(=O)OC(C)C(=O)NC(=O)NC(C)(C)C)c1. The van der Waals surface area contributed by atoms with Crippen molar-refractivity contribution in [3.8, 4) is 12.3 Å². The summed E-state index contributed by atoms with van der Waals surface area (Å²) in [4.78, 5) is 35.7. The molecule has 1 aromatic carbocycles.